The second-order valence-electron chi connectivity index (χ2n) is 5.99. The number of aromatic nitrogens is 2. The third-order valence-corrected chi connectivity index (χ3v) is 5.31. The van der Waals surface area contributed by atoms with E-state index in [4.69, 9.17) is 14.2 Å². The Labute approximate surface area is 134 Å². The van der Waals surface area contributed by atoms with Crippen molar-refractivity contribution < 1.29 is 14.2 Å². The molecule has 3 heterocycles. The van der Waals surface area contributed by atoms with Crippen LogP contribution in [0.2, 0.25) is 0 Å². The Bertz CT molecular complexity index is 669. The van der Waals surface area contributed by atoms with Crippen LogP contribution in [0.4, 0.5) is 0 Å². The Balaban J connectivity index is 2.04. The van der Waals surface area contributed by atoms with Crippen molar-refractivity contribution in [1.82, 2.24) is 9.55 Å². The predicted octanol–water partition coefficient (Wildman–Crippen LogP) is 0.779. The fraction of sp³-hybridized carbons (Fsp3) is 0.692. The van der Waals surface area contributed by atoms with Gasteiger partial charge in [0.25, 0.3) is 5.56 Å². The highest BCUT2D eigenvalue weighted by Gasteiger charge is 2.61. The average Bonchev–Trinajstić information content (AvgIpc) is 2.84. The largest absolute Gasteiger partial charge is 0.345 e. The number of halogens is 1. The fourth-order valence-corrected chi connectivity index (χ4v) is 3.44. The normalized spacial score (nSPS) is 37.6. The summed E-state index contributed by atoms with van der Waals surface area (Å²) in [4.78, 5) is 25.4. The maximum absolute atomic E-state index is 12.0. The van der Waals surface area contributed by atoms with E-state index >= 15 is 0 Å². The lowest BCUT2D eigenvalue weighted by molar-refractivity contribution is -0.212. The zero-order chi connectivity index (χ0) is 15.4. The number of nitrogens with one attached hydrogen (secondary N) is 1. The number of ether oxygens (including phenoxy) is 3. The van der Waals surface area contributed by atoms with E-state index in [9.17, 15) is 9.59 Å². The van der Waals surface area contributed by atoms with Crippen LogP contribution in [0.5, 0.6) is 0 Å². The van der Waals surface area contributed by atoms with Gasteiger partial charge in [0, 0.05) is 16.7 Å². The van der Waals surface area contributed by atoms with Crippen molar-refractivity contribution in [3.05, 3.63) is 33.1 Å². The van der Waals surface area contributed by atoms with Gasteiger partial charge < -0.3 is 14.2 Å². The number of H-pyrrole nitrogens is 1. The van der Waals surface area contributed by atoms with Gasteiger partial charge in [-0.1, -0.05) is 22.6 Å². The van der Waals surface area contributed by atoms with E-state index in [1.807, 2.05) is 20.8 Å². The van der Waals surface area contributed by atoms with Crippen molar-refractivity contribution in [2.24, 2.45) is 0 Å². The lowest BCUT2D eigenvalue weighted by Crippen LogP contribution is -2.41. The highest BCUT2D eigenvalue weighted by molar-refractivity contribution is 14.1. The molecule has 0 aliphatic carbocycles. The minimum atomic E-state index is -0.726. The Morgan fingerprint density at radius 1 is 1.29 bits per heavy atom. The second kappa shape index (κ2) is 4.90. The SMILES string of the molecule is CC1(C)OC2C(O1)[C@@](C)(CI)O[C@H]2n1ccc(=O)[nH]c1=O. The van der Waals surface area contributed by atoms with E-state index in [1.54, 1.807) is 0 Å². The minimum absolute atomic E-state index is 0.270. The third-order valence-electron chi connectivity index (χ3n) is 3.79. The van der Waals surface area contributed by atoms with E-state index < -0.39 is 35.0 Å². The highest BCUT2D eigenvalue weighted by Crippen LogP contribution is 2.48. The van der Waals surface area contributed by atoms with Gasteiger partial charge in [0.15, 0.2) is 12.0 Å². The summed E-state index contributed by atoms with van der Waals surface area (Å²) in [7, 11) is 0. The highest BCUT2D eigenvalue weighted by atomic mass is 127. The van der Waals surface area contributed by atoms with Crippen LogP contribution < -0.4 is 11.2 Å². The summed E-state index contributed by atoms with van der Waals surface area (Å²) in [5.74, 6) is -0.726. The van der Waals surface area contributed by atoms with Crippen molar-refractivity contribution in [3.63, 3.8) is 0 Å². The molecule has 2 saturated heterocycles. The van der Waals surface area contributed by atoms with Gasteiger partial charge in [0.1, 0.15) is 17.8 Å². The zero-order valence-corrected chi connectivity index (χ0v) is 14.1. The molecule has 21 heavy (non-hydrogen) atoms. The first-order valence-corrected chi connectivity index (χ1v) is 8.19. The van der Waals surface area contributed by atoms with Gasteiger partial charge >= 0.3 is 5.69 Å². The van der Waals surface area contributed by atoms with Crippen LogP contribution in [-0.2, 0) is 14.2 Å². The molecule has 2 aliphatic heterocycles. The van der Waals surface area contributed by atoms with Gasteiger partial charge in [0.05, 0.1) is 0 Å². The van der Waals surface area contributed by atoms with Gasteiger partial charge in [0.2, 0.25) is 0 Å². The van der Waals surface area contributed by atoms with Crippen LogP contribution in [0.1, 0.15) is 27.0 Å². The number of fused-ring (bicyclic) bond motifs is 1. The maximum Gasteiger partial charge on any atom is 0.330 e. The van der Waals surface area contributed by atoms with E-state index in [1.165, 1.54) is 16.8 Å². The summed E-state index contributed by atoms with van der Waals surface area (Å²) < 4.78 is 20.0. The molecule has 2 fully saturated rings. The molecular weight excluding hydrogens is 391 g/mol. The number of aromatic amines is 1. The van der Waals surface area contributed by atoms with Crippen LogP contribution in [0.3, 0.4) is 0 Å². The summed E-state index contributed by atoms with van der Waals surface area (Å²) in [5, 5.41) is 0. The van der Waals surface area contributed by atoms with E-state index in [0.717, 1.165) is 0 Å². The maximum atomic E-state index is 12.0. The Hall–Kier alpha value is -0.710. The van der Waals surface area contributed by atoms with Crippen LogP contribution in [0, 0.1) is 0 Å². The predicted molar refractivity (Wildman–Crippen MR) is 82.6 cm³/mol. The Kier molecular flexibility index (Phi) is 3.55. The van der Waals surface area contributed by atoms with Crippen molar-refractivity contribution >= 4 is 22.6 Å². The molecule has 7 nitrogen and oxygen atoms in total. The van der Waals surface area contributed by atoms with Gasteiger partial charge in [-0.25, -0.2) is 4.79 Å². The van der Waals surface area contributed by atoms with E-state index in [2.05, 4.69) is 27.6 Å². The van der Waals surface area contributed by atoms with Crippen LogP contribution in [-0.4, -0.2) is 37.6 Å². The lowest BCUT2D eigenvalue weighted by atomic mass is 10.00. The van der Waals surface area contributed by atoms with Gasteiger partial charge in [-0.2, -0.15) is 0 Å². The summed E-state index contributed by atoms with van der Waals surface area (Å²) in [6.45, 7) is 5.62. The van der Waals surface area contributed by atoms with Crippen LogP contribution >= 0.6 is 22.6 Å². The van der Waals surface area contributed by atoms with Crippen molar-refractivity contribution in [2.45, 2.75) is 50.6 Å². The van der Waals surface area contributed by atoms with Crippen LogP contribution in [0.15, 0.2) is 21.9 Å². The zero-order valence-electron chi connectivity index (χ0n) is 12.0. The monoisotopic (exact) mass is 408 g/mol. The summed E-state index contributed by atoms with van der Waals surface area (Å²) >= 11 is 2.23. The Morgan fingerprint density at radius 2 is 2.00 bits per heavy atom. The summed E-state index contributed by atoms with van der Waals surface area (Å²) in [5.41, 5.74) is -1.51. The molecule has 0 radical (unpaired) electrons. The lowest BCUT2D eigenvalue weighted by Gasteiger charge is -2.30. The van der Waals surface area contributed by atoms with E-state index in [0.29, 0.717) is 4.43 Å². The molecule has 116 valence electrons. The average molecular weight is 408 g/mol. The number of nitrogens with zero attached hydrogens (tertiary/aromatic N) is 1. The smallest absolute Gasteiger partial charge is 0.330 e. The first kappa shape index (κ1) is 15.2. The van der Waals surface area contributed by atoms with Crippen molar-refractivity contribution in [1.29, 1.82) is 0 Å². The first-order chi connectivity index (χ1) is 9.76. The fourth-order valence-electron chi connectivity index (χ4n) is 2.83. The standard InChI is InChI=1S/C13H17IN2O5/c1-12(2)19-8-9(20-12)13(3,6-14)21-10(8)16-5-4-7(17)15-11(16)18/h4-5,8-10H,6H2,1-3H3,(H,15,17,18)/t8?,9?,10-,13-/m1/s1. The molecule has 2 unspecified atom stereocenters. The first-order valence-electron chi connectivity index (χ1n) is 6.67. The molecule has 0 bridgehead atoms. The van der Waals surface area contributed by atoms with Gasteiger partial charge in [-0.05, 0) is 20.8 Å². The number of hydrogen-bond donors (Lipinski definition) is 1. The number of hydrogen-bond acceptors (Lipinski definition) is 5. The van der Waals surface area contributed by atoms with Crippen molar-refractivity contribution in [2.75, 3.05) is 4.43 Å². The molecule has 2 aliphatic rings. The topological polar surface area (TPSA) is 82.6 Å². The number of rotatable bonds is 2. The quantitative estimate of drug-likeness (QED) is 0.578. The van der Waals surface area contributed by atoms with Gasteiger partial charge in [-0.15, -0.1) is 0 Å². The molecule has 0 amide bonds. The van der Waals surface area contributed by atoms with E-state index in [-0.39, 0.29) is 6.10 Å². The molecule has 4 atom stereocenters. The molecule has 0 spiro atoms. The summed E-state index contributed by atoms with van der Waals surface area (Å²) in [6.07, 6.45) is 0.133. The summed E-state index contributed by atoms with van der Waals surface area (Å²) in [6, 6.07) is 1.29. The molecule has 3 rings (SSSR count). The molecule has 1 N–H and O–H groups in total. The molecule has 0 aromatic carbocycles. The third kappa shape index (κ3) is 2.47. The second-order valence-corrected chi connectivity index (χ2v) is 6.76. The van der Waals surface area contributed by atoms with Crippen LogP contribution in [0.25, 0.3) is 0 Å². The number of alkyl halides is 1. The minimum Gasteiger partial charge on any atom is -0.345 e. The van der Waals surface area contributed by atoms with Gasteiger partial charge in [-0.3, -0.25) is 14.3 Å². The molecular formula is C13H17IN2O5. The molecule has 1 aromatic heterocycles. The van der Waals surface area contributed by atoms with Crippen molar-refractivity contribution in [3.8, 4) is 0 Å². The Morgan fingerprint density at radius 3 is 2.62 bits per heavy atom. The molecule has 0 saturated carbocycles. The molecule has 1 aromatic rings. The molecule has 8 heteroatoms.